The maximum Gasteiger partial charge on any atom is 4.00 e. The van der Waals surface area contributed by atoms with Crippen molar-refractivity contribution in [3.8, 4) is 0 Å². The quantitative estimate of drug-likeness (QED) is 0.453. The normalized spacial score (nSPS) is 1.64. The van der Waals surface area contributed by atoms with Crippen molar-refractivity contribution in [2.75, 3.05) is 6.61 Å². The third kappa shape index (κ3) is 216. The van der Waals surface area contributed by atoms with E-state index in [-0.39, 0.29) is 113 Å². The molecule has 0 atom stereocenters. The second kappa shape index (κ2) is 133. The Bertz CT molecular complexity index is 18.5. The molecule has 0 heterocycles. The molecule has 0 saturated heterocycles. The van der Waals surface area contributed by atoms with E-state index in [9.17, 15) is 0 Å². The molecule has 0 bridgehead atoms. The minimum Gasteiger partial charge on any atom is -1.00 e. The van der Waals surface area contributed by atoms with E-state index in [1.165, 1.54) is 0 Å². The van der Waals surface area contributed by atoms with Crippen molar-refractivity contribution in [2.24, 2.45) is 0 Å². The van der Waals surface area contributed by atoms with Gasteiger partial charge in [-0.3, -0.25) is 0 Å². The summed E-state index contributed by atoms with van der Waals surface area (Å²) in [7, 11) is 0. The molecule has 0 saturated carbocycles. The molecule has 0 aromatic rings. The summed E-state index contributed by atoms with van der Waals surface area (Å²) in [6, 6.07) is 0. The van der Waals surface area contributed by atoms with Crippen LogP contribution in [0.15, 0.2) is 0 Å². The van der Waals surface area contributed by atoms with Crippen molar-refractivity contribution < 1.29 is 111 Å². The molecule has 0 unspecified atom stereocenters. The van der Waals surface area contributed by atoms with Crippen LogP contribution in [-0.4, -0.2) is 11.7 Å². The molecule has 0 aromatic heterocycles. The van der Waals surface area contributed by atoms with Crippen LogP contribution in [0, 0.1) is 0 Å². The Hall–Kier alpha value is 2.54. The summed E-state index contributed by atoms with van der Waals surface area (Å²) < 4.78 is 0. The molecule has 0 aliphatic heterocycles. The van der Waals surface area contributed by atoms with Gasteiger partial charge in [0.25, 0.3) is 0 Å². The van der Waals surface area contributed by atoms with Gasteiger partial charge < -0.3 is 85.0 Å². The smallest absolute Gasteiger partial charge is 1.00 e. The van der Waals surface area contributed by atoms with Crippen LogP contribution >= 0.6 is 0 Å². The van der Waals surface area contributed by atoms with E-state index in [1.54, 1.807) is 6.92 Å². The summed E-state index contributed by atoms with van der Waals surface area (Å²) in [6.07, 6.45) is 0. The summed E-state index contributed by atoms with van der Waals surface area (Å²) >= 11 is 0. The minimum absolute atomic E-state index is 0. The van der Waals surface area contributed by atoms with Crippen LogP contribution in [0.4, 0.5) is 0 Å². The van der Waals surface area contributed by atoms with Crippen molar-refractivity contribution in [3.63, 3.8) is 0 Å². The van der Waals surface area contributed by atoms with Crippen molar-refractivity contribution in [3.05, 3.63) is 0 Å². The van der Waals surface area contributed by atoms with Crippen LogP contribution in [0.3, 0.4) is 0 Å². The molecule has 0 fully saturated rings. The first-order chi connectivity index (χ1) is 1.41. The Kier molecular flexibility index (Phi) is 1250. The number of aliphatic hydroxyl groups is 1. The van der Waals surface area contributed by atoms with Crippen LogP contribution < -0.4 is 74.4 Å². The molecule has 0 aromatic carbocycles. The summed E-state index contributed by atoms with van der Waals surface area (Å²) in [5.74, 6) is 0. The zero-order chi connectivity index (χ0) is 2.71. The van der Waals surface area contributed by atoms with E-state index in [4.69, 9.17) is 5.11 Å². The molecule has 9 heteroatoms. The van der Waals surface area contributed by atoms with E-state index in [1.807, 2.05) is 0 Å². The van der Waals surface area contributed by atoms with E-state index in [0.717, 1.165) is 0 Å². The van der Waals surface area contributed by atoms with Gasteiger partial charge in [-0.1, -0.05) is 0 Å². The molecular weight excluding hydrogens is 360 g/mol. The maximum absolute atomic E-state index is 7.57. The fourth-order valence-electron chi connectivity index (χ4n) is 0. The monoisotopic (exact) mass is 366 g/mol. The fraction of sp³-hybridized carbons (Fsp3) is 1.00. The van der Waals surface area contributed by atoms with Gasteiger partial charge in [0.15, 0.2) is 0 Å². The number of halogens is 6. The first-order valence-corrected chi connectivity index (χ1v) is 1.02. The van der Waals surface area contributed by atoms with Gasteiger partial charge in [-0.15, -0.1) is 0 Å². The number of aliphatic hydroxyl groups excluding tert-OH is 1. The second-order valence-corrected chi connectivity index (χ2v) is 0.316. The van der Waals surface area contributed by atoms with E-state index >= 15 is 0 Å². The van der Waals surface area contributed by atoms with Crippen LogP contribution in [0.1, 0.15) is 6.92 Å². The Morgan fingerprint density at radius 2 is 0.818 bits per heavy atom. The van der Waals surface area contributed by atoms with Gasteiger partial charge in [0.05, 0.1) is 0 Å². The standard InChI is InChI=1S/C2H6O.6ClH.H4O.Zr/c1-2-3;;;;;;;;/h3H,2H2,1H3;6*1H;1H4;/q;;;;;;;+2;+4/p-6. The molecule has 11 heavy (non-hydrogen) atoms. The fourth-order valence-corrected chi connectivity index (χ4v) is 0. The zero-order valence-corrected chi connectivity index (χ0v) is 12.6. The van der Waals surface area contributed by atoms with Crippen molar-refractivity contribution in [1.29, 1.82) is 0 Å². The Morgan fingerprint density at radius 3 is 0.818 bits per heavy atom. The summed E-state index contributed by atoms with van der Waals surface area (Å²) in [5, 5.41) is 7.57. The summed E-state index contributed by atoms with van der Waals surface area (Å²) in [5.41, 5.74) is 0. The second-order valence-electron chi connectivity index (χ2n) is 0.316. The Labute approximate surface area is 124 Å². The summed E-state index contributed by atoms with van der Waals surface area (Å²) in [6.45, 7) is 1.93. The zero-order valence-electron chi connectivity index (χ0n) is 5.63. The average Bonchev–Trinajstić information content (AvgIpc) is 0.918. The van der Waals surface area contributed by atoms with E-state index in [2.05, 4.69) is 0 Å². The minimum atomic E-state index is 0. The van der Waals surface area contributed by atoms with Gasteiger partial charge in [0, 0.05) is 6.61 Å². The SMILES string of the molecule is CCO.[Cl-].[Cl-].[Cl-].[Cl-].[Cl-].[Cl-].[OH4+2].[Zr+4]. The molecule has 0 aliphatic carbocycles. The largest absolute Gasteiger partial charge is 4.00 e. The predicted octanol–water partition coefficient (Wildman–Crippen LogP) is -19.2. The van der Waals surface area contributed by atoms with E-state index in [0.29, 0.717) is 0 Å². The number of rotatable bonds is 0. The van der Waals surface area contributed by atoms with Crippen LogP contribution in [-0.2, 0) is 31.7 Å². The molecular formula is C2H10Cl6O2Zr. The van der Waals surface area contributed by atoms with Gasteiger partial charge in [0.1, 0.15) is 0 Å². The van der Waals surface area contributed by atoms with Crippen LogP contribution in [0.2, 0.25) is 0 Å². The van der Waals surface area contributed by atoms with Gasteiger partial charge in [0.2, 0.25) is 0 Å². The predicted molar refractivity (Wildman–Crippen MR) is 19.0 cm³/mol. The van der Waals surface area contributed by atoms with Gasteiger partial charge >= 0.3 is 26.2 Å². The van der Waals surface area contributed by atoms with Crippen molar-refractivity contribution >= 4 is 0 Å². The van der Waals surface area contributed by atoms with E-state index < -0.39 is 0 Å². The Balaban J connectivity index is -0.000000000714. The maximum atomic E-state index is 7.57. The number of hydrogen-bond acceptors (Lipinski definition) is 1. The molecule has 0 spiro atoms. The molecule has 76 valence electrons. The first-order valence-electron chi connectivity index (χ1n) is 1.02. The van der Waals surface area contributed by atoms with Gasteiger partial charge in [-0.25, -0.2) is 0 Å². The topological polar surface area (TPSA) is 54.7 Å². The Morgan fingerprint density at radius 1 is 0.818 bits per heavy atom. The average molecular weight is 370 g/mol. The van der Waals surface area contributed by atoms with Crippen molar-refractivity contribution in [1.82, 2.24) is 0 Å². The van der Waals surface area contributed by atoms with Crippen LogP contribution in [0.5, 0.6) is 0 Å². The molecule has 5 N–H and O–H groups in total. The first kappa shape index (κ1) is 103. The molecule has 0 rings (SSSR count). The third-order valence-corrected chi connectivity index (χ3v) is 0. The third-order valence-electron chi connectivity index (χ3n) is 0. The van der Waals surface area contributed by atoms with Crippen LogP contribution in [0.25, 0.3) is 0 Å². The van der Waals surface area contributed by atoms with Gasteiger partial charge in [-0.2, -0.15) is 0 Å². The van der Waals surface area contributed by atoms with Crippen molar-refractivity contribution in [2.45, 2.75) is 6.92 Å². The summed E-state index contributed by atoms with van der Waals surface area (Å²) in [4.78, 5) is 0. The molecule has 0 aliphatic rings. The molecule has 2 nitrogen and oxygen atoms in total. The molecule has 0 radical (unpaired) electrons. The van der Waals surface area contributed by atoms with Gasteiger partial charge in [-0.05, 0) is 6.92 Å². The molecule has 0 amide bonds. The number of hydrogen-bond donors (Lipinski definition) is 1.